The molecular formula is C39H69N. The van der Waals surface area contributed by atoms with Crippen molar-refractivity contribution in [3.05, 3.63) is 0 Å². The molecule has 0 bridgehead atoms. The maximum absolute atomic E-state index is 3.72. The Morgan fingerprint density at radius 3 is 2.27 bits per heavy atom. The molecule has 0 amide bonds. The molecule has 0 aromatic heterocycles. The number of rotatable bonds is 5. The van der Waals surface area contributed by atoms with Gasteiger partial charge in [0.2, 0.25) is 0 Å². The first-order chi connectivity index (χ1) is 19.2. The molecule has 1 heterocycles. The van der Waals surface area contributed by atoms with E-state index < -0.39 is 0 Å². The standard InChI is InChI=1S/C37H63N.C2H6/c1-7-29(24(2)3)26-10-11-30-27(20-26)21-32-31-12-13-33-34(4,5)28(19-25-9-8-18-38-22-25)14-15-37(33)23-36(31,37)17-16-35(30,32)6;1-2/h24-33,38H,7-23H2,1-6H3;1-2H3. The predicted octanol–water partition coefficient (Wildman–Crippen LogP) is 10.8. The van der Waals surface area contributed by atoms with E-state index in [-0.39, 0.29) is 0 Å². The van der Waals surface area contributed by atoms with Crippen LogP contribution in [0.2, 0.25) is 0 Å². The fourth-order valence-corrected chi connectivity index (χ4v) is 14.7. The highest BCUT2D eigenvalue weighted by Gasteiger charge is 2.80. The Bertz CT molecular complexity index is 883. The summed E-state index contributed by atoms with van der Waals surface area (Å²) in [6.07, 6.45) is 23.3. The molecule has 1 nitrogen and oxygen atoms in total. The number of piperidine rings is 1. The Morgan fingerprint density at radius 1 is 0.800 bits per heavy atom. The summed E-state index contributed by atoms with van der Waals surface area (Å²) in [5, 5.41) is 3.72. The average molecular weight is 552 g/mol. The molecule has 1 saturated heterocycles. The number of fused-ring (bicyclic) bond motifs is 4. The van der Waals surface area contributed by atoms with Crippen molar-refractivity contribution in [1.82, 2.24) is 5.32 Å². The van der Waals surface area contributed by atoms with Crippen LogP contribution in [0.1, 0.15) is 152 Å². The third kappa shape index (κ3) is 4.29. The third-order valence-corrected chi connectivity index (χ3v) is 16.3. The van der Waals surface area contributed by atoms with Crippen molar-refractivity contribution in [2.45, 2.75) is 152 Å². The van der Waals surface area contributed by atoms with E-state index in [1.165, 1.54) is 38.8 Å². The van der Waals surface area contributed by atoms with Crippen LogP contribution in [0.5, 0.6) is 0 Å². The van der Waals surface area contributed by atoms with Crippen molar-refractivity contribution >= 4 is 0 Å². The number of hydrogen-bond acceptors (Lipinski definition) is 1. The SMILES string of the molecule is CC.CCC(C(C)C)C1CCC2C(C1)CC1C3CCC4C(C)(C)C(CC5CCCNC5)CCC45CC35CCC21C. The maximum Gasteiger partial charge on any atom is -0.00204 e. The predicted molar refractivity (Wildman–Crippen MR) is 172 cm³/mol. The fraction of sp³-hybridized carbons (Fsp3) is 1.00. The largest absolute Gasteiger partial charge is 0.316 e. The molecule has 7 aliphatic rings. The van der Waals surface area contributed by atoms with E-state index in [9.17, 15) is 0 Å². The van der Waals surface area contributed by atoms with E-state index in [1.54, 1.807) is 70.6 Å². The molecule has 40 heavy (non-hydrogen) atoms. The quantitative estimate of drug-likeness (QED) is 0.358. The van der Waals surface area contributed by atoms with Gasteiger partial charge in [0, 0.05) is 0 Å². The van der Waals surface area contributed by atoms with E-state index in [2.05, 4.69) is 46.9 Å². The maximum atomic E-state index is 3.72. The van der Waals surface area contributed by atoms with E-state index in [1.807, 2.05) is 13.8 Å². The molecule has 12 unspecified atom stereocenters. The summed E-state index contributed by atoms with van der Waals surface area (Å²) in [4.78, 5) is 0. The Morgan fingerprint density at radius 2 is 1.57 bits per heavy atom. The van der Waals surface area contributed by atoms with E-state index in [0.717, 1.165) is 70.0 Å². The molecule has 1 aliphatic heterocycles. The van der Waals surface area contributed by atoms with Crippen LogP contribution < -0.4 is 5.32 Å². The van der Waals surface area contributed by atoms with Crippen molar-refractivity contribution in [2.24, 2.45) is 80.8 Å². The van der Waals surface area contributed by atoms with Crippen LogP contribution in [-0.4, -0.2) is 13.1 Å². The van der Waals surface area contributed by atoms with E-state index in [0.29, 0.717) is 10.8 Å². The summed E-state index contributed by atoms with van der Waals surface area (Å²) < 4.78 is 0. The molecule has 2 spiro atoms. The molecule has 7 fully saturated rings. The lowest BCUT2D eigenvalue weighted by Crippen LogP contribution is -2.53. The van der Waals surface area contributed by atoms with Crippen LogP contribution in [0, 0.1) is 80.8 Å². The average Bonchev–Trinajstić information content (AvgIpc) is 3.52. The van der Waals surface area contributed by atoms with Crippen molar-refractivity contribution < 1.29 is 0 Å². The molecule has 0 radical (unpaired) electrons. The lowest BCUT2D eigenvalue weighted by molar-refractivity contribution is -0.114. The van der Waals surface area contributed by atoms with Crippen LogP contribution in [-0.2, 0) is 0 Å². The highest BCUT2D eigenvalue weighted by atomic mass is 14.9. The first-order valence-electron chi connectivity index (χ1n) is 18.9. The van der Waals surface area contributed by atoms with Crippen molar-refractivity contribution in [2.75, 3.05) is 13.1 Å². The van der Waals surface area contributed by atoms with Gasteiger partial charge in [-0.15, -0.1) is 0 Å². The minimum Gasteiger partial charge on any atom is -0.316 e. The molecule has 230 valence electrons. The lowest BCUT2D eigenvalue weighted by Gasteiger charge is -2.60. The summed E-state index contributed by atoms with van der Waals surface area (Å²) in [5.74, 6) is 10.1. The van der Waals surface area contributed by atoms with Gasteiger partial charge in [0.1, 0.15) is 0 Å². The van der Waals surface area contributed by atoms with Crippen molar-refractivity contribution in [3.63, 3.8) is 0 Å². The van der Waals surface area contributed by atoms with E-state index in [4.69, 9.17) is 0 Å². The summed E-state index contributed by atoms with van der Waals surface area (Å²) in [6.45, 7) is 22.4. The fourth-order valence-electron chi connectivity index (χ4n) is 14.7. The van der Waals surface area contributed by atoms with Gasteiger partial charge in [-0.05, 0) is 184 Å². The summed E-state index contributed by atoms with van der Waals surface area (Å²) in [7, 11) is 0. The monoisotopic (exact) mass is 552 g/mol. The lowest BCUT2D eigenvalue weighted by atomic mass is 9.44. The second kappa shape index (κ2) is 10.8. The van der Waals surface area contributed by atoms with Gasteiger partial charge in [-0.1, -0.05) is 61.8 Å². The molecule has 1 heteroatoms. The molecule has 0 aromatic carbocycles. The van der Waals surface area contributed by atoms with Gasteiger partial charge in [0.05, 0.1) is 0 Å². The second-order valence-electron chi connectivity index (χ2n) is 17.8. The molecule has 1 N–H and O–H groups in total. The Labute approximate surface area is 250 Å². The first-order valence-corrected chi connectivity index (χ1v) is 18.9. The number of hydrogen-bond donors (Lipinski definition) is 1. The molecule has 6 saturated carbocycles. The normalized spacial score (nSPS) is 51.2. The van der Waals surface area contributed by atoms with Crippen LogP contribution in [0.3, 0.4) is 0 Å². The van der Waals surface area contributed by atoms with Crippen LogP contribution >= 0.6 is 0 Å². The second-order valence-corrected chi connectivity index (χ2v) is 17.8. The minimum absolute atomic E-state index is 0.563. The van der Waals surface area contributed by atoms with Crippen molar-refractivity contribution in [3.8, 4) is 0 Å². The van der Waals surface area contributed by atoms with Crippen LogP contribution in [0.25, 0.3) is 0 Å². The zero-order valence-corrected chi connectivity index (χ0v) is 28.3. The highest BCUT2D eigenvalue weighted by Crippen LogP contribution is 2.87. The molecule has 7 rings (SSSR count). The Kier molecular flexibility index (Phi) is 8.13. The van der Waals surface area contributed by atoms with Gasteiger partial charge in [-0.25, -0.2) is 0 Å². The summed E-state index contributed by atoms with van der Waals surface area (Å²) >= 11 is 0. The molecule has 0 aromatic rings. The van der Waals surface area contributed by atoms with Gasteiger partial charge in [0.15, 0.2) is 0 Å². The zero-order chi connectivity index (χ0) is 28.5. The van der Waals surface area contributed by atoms with Crippen LogP contribution in [0.4, 0.5) is 0 Å². The molecule has 12 atom stereocenters. The van der Waals surface area contributed by atoms with Gasteiger partial charge >= 0.3 is 0 Å². The Hall–Kier alpha value is -0.0400. The third-order valence-electron chi connectivity index (χ3n) is 16.3. The summed E-state index contributed by atoms with van der Waals surface area (Å²) in [5.41, 5.74) is 2.77. The summed E-state index contributed by atoms with van der Waals surface area (Å²) in [6, 6.07) is 0. The van der Waals surface area contributed by atoms with Gasteiger partial charge in [-0.3, -0.25) is 0 Å². The number of nitrogens with one attached hydrogen (secondary N) is 1. The Balaban J connectivity index is 0.00000142. The zero-order valence-electron chi connectivity index (χ0n) is 28.3. The highest BCUT2D eigenvalue weighted by molar-refractivity contribution is 5.29. The molecule has 6 aliphatic carbocycles. The molecular weight excluding hydrogens is 482 g/mol. The minimum atomic E-state index is 0.563. The van der Waals surface area contributed by atoms with Crippen molar-refractivity contribution in [1.29, 1.82) is 0 Å². The van der Waals surface area contributed by atoms with Gasteiger partial charge in [0.25, 0.3) is 0 Å². The smallest absolute Gasteiger partial charge is 0.00204 e. The van der Waals surface area contributed by atoms with E-state index >= 15 is 0 Å². The topological polar surface area (TPSA) is 12.0 Å². The van der Waals surface area contributed by atoms with Gasteiger partial charge in [-0.2, -0.15) is 0 Å². The van der Waals surface area contributed by atoms with Gasteiger partial charge < -0.3 is 5.32 Å². The first kappa shape index (κ1) is 30.0. The van der Waals surface area contributed by atoms with Crippen LogP contribution in [0.15, 0.2) is 0 Å².